The van der Waals surface area contributed by atoms with E-state index in [1.807, 2.05) is 0 Å². The normalized spacial score (nSPS) is 10.5. The number of hydrogen-bond acceptors (Lipinski definition) is 3. The molecule has 3 heteroatoms. The van der Waals surface area contributed by atoms with E-state index in [1.54, 1.807) is 0 Å². The van der Waals surface area contributed by atoms with Crippen molar-refractivity contribution in [3.63, 3.8) is 0 Å². The molecule has 130 valence electrons. The lowest BCUT2D eigenvalue weighted by Gasteiger charge is -2.06. The zero-order chi connectivity index (χ0) is 16.6. The van der Waals surface area contributed by atoms with Gasteiger partial charge in [-0.05, 0) is 31.2 Å². The van der Waals surface area contributed by atoms with Crippen LogP contribution in [0.25, 0.3) is 0 Å². The van der Waals surface area contributed by atoms with Crippen molar-refractivity contribution in [2.24, 2.45) is 0 Å². The first-order valence-electron chi connectivity index (χ1n) is 9.16. The van der Waals surface area contributed by atoms with Crippen molar-refractivity contribution >= 4 is 6.16 Å². The van der Waals surface area contributed by atoms with E-state index in [1.165, 1.54) is 37.7 Å². The van der Waals surface area contributed by atoms with Gasteiger partial charge in [0.2, 0.25) is 0 Å². The van der Waals surface area contributed by atoms with E-state index < -0.39 is 6.16 Å². The van der Waals surface area contributed by atoms with Gasteiger partial charge in [0.05, 0.1) is 13.2 Å². The molecule has 0 bridgehead atoms. The molecule has 0 spiro atoms. The van der Waals surface area contributed by atoms with E-state index in [0.29, 0.717) is 13.2 Å². The zero-order valence-corrected chi connectivity index (χ0v) is 14.6. The number of ether oxygens (including phenoxy) is 2. The molecule has 0 aliphatic rings. The van der Waals surface area contributed by atoms with Crippen LogP contribution in [0.5, 0.6) is 0 Å². The SMILES string of the molecule is CCCCCOC(=O)OCCCCCCCCc1ccccc1. The van der Waals surface area contributed by atoms with Gasteiger partial charge in [0.1, 0.15) is 0 Å². The molecule has 0 fully saturated rings. The first-order valence-corrected chi connectivity index (χ1v) is 9.16. The highest BCUT2D eigenvalue weighted by atomic mass is 16.7. The van der Waals surface area contributed by atoms with Gasteiger partial charge < -0.3 is 9.47 Å². The predicted molar refractivity (Wildman–Crippen MR) is 94.7 cm³/mol. The maximum atomic E-state index is 11.3. The highest BCUT2D eigenvalue weighted by molar-refractivity contribution is 5.59. The summed E-state index contributed by atoms with van der Waals surface area (Å²) in [7, 11) is 0. The third kappa shape index (κ3) is 11.7. The Labute approximate surface area is 141 Å². The fourth-order valence-electron chi connectivity index (χ4n) is 2.49. The first-order chi connectivity index (χ1) is 11.3. The lowest BCUT2D eigenvalue weighted by molar-refractivity contribution is 0.0530. The molecule has 0 saturated carbocycles. The Bertz CT molecular complexity index is 389. The summed E-state index contributed by atoms with van der Waals surface area (Å²) in [6.07, 6.45) is 10.9. The van der Waals surface area contributed by atoms with Gasteiger partial charge in [0.15, 0.2) is 0 Å². The monoisotopic (exact) mass is 320 g/mol. The van der Waals surface area contributed by atoms with Crippen LogP contribution in [0.4, 0.5) is 4.79 Å². The van der Waals surface area contributed by atoms with Crippen molar-refractivity contribution in [2.75, 3.05) is 13.2 Å². The van der Waals surface area contributed by atoms with Gasteiger partial charge in [-0.15, -0.1) is 0 Å². The van der Waals surface area contributed by atoms with Gasteiger partial charge in [-0.3, -0.25) is 0 Å². The third-order valence-corrected chi connectivity index (χ3v) is 3.89. The Morgan fingerprint density at radius 2 is 1.35 bits per heavy atom. The molecule has 1 rings (SSSR count). The van der Waals surface area contributed by atoms with Crippen molar-refractivity contribution in [3.05, 3.63) is 35.9 Å². The van der Waals surface area contributed by atoms with Crippen LogP contribution in [0.1, 0.15) is 70.3 Å². The smallest absolute Gasteiger partial charge is 0.434 e. The van der Waals surface area contributed by atoms with Gasteiger partial charge in [0.25, 0.3) is 0 Å². The minimum Gasteiger partial charge on any atom is -0.434 e. The molecule has 0 aliphatic carbocycles. The molecule has 0 atom stereocenters. The average Bonchev–Trinajstić information content (AvgIpc) is 2.58. The molecule has 0 radical (unpaired) electrons. The van der Waals surface area contributed by atoms with E-state index in [0.717, 1.165) is 32.1 Å². The Kier molecular flexibility index (Phi) is 12.0. The van der Waals surface area contributed by atoms with Crippen LogP contribution in [0.3, 0.4) is 0 Å². The third-order valence-electron chi connectivity index (χ3n) is 3.89. The summed E-state index contributed by atoms with van der Waals surface area (Å²) >= 11 is 0. The summed E-state index contributed by atoms with van der Waals surface area (Å²) < 4.78 is 10.0. The number of unbranched alkanes of at least 4 members (excludes halogenated alkanes) is 7. The Morgan fingerprint density at radius 1 is 0.783 bits per heavy atom. The van der Waals surface area contributed by atoms with Gasteiger partial charge in [-0.1, -0.05) is 75.8 Å². The fourth-order valence-corrected chi connectivity index (χ4v) is 2.49. The maximum Gasteiger partial charge on any atom is 0.508 e. The lowest BCUT2D eigenvalue weighted by atomic mass is 10.1. The topological polar surface area (TPSA) is 35.5 Å². The summed E-state index contributed by atoms with van der Waals surface area (Å²) in [6.45, 7) is 3.09. The lowest BCUT2D eigenvalue weighted by Crippen LogP contribution is -2.09. The van der Waals surface area contributed by atoms with E-state index in [4.69, 9.17) is 9.47 Å². The van der Waals surface area contributed by atoms with Crippen LogP contribution < -0.4 is 0 Å². The first kappa shape index (κ1) is 19.5. The van der Waals surface area contributed by atoms with Gasteiger partial charge in [-0.2, -0.15) is 0 Å². The summed E-state index contributed by atoms with van der Waals surface area (Å²) in [5.41, 5.74) is 1.43. The molecule has 0 N–H and O–H groups in total. The van der Waals surface area contributed by atoms with Crippen molar-refractivity contribution in [1.82, 2.24) is 0 Å². The van der Waals surface area contributed by atoms with Crippen LogP contribution in [0.2, 0.25) is 0 Å². The Hall–Kier alpha value is -1.51. The van der Waals surface area contributed by atoms with Crippen LogP contribution in [-0.4, -0.2) is 19.4 Å². The van der Waals surface area contributed by atoms with E-state index in [2.05, 4.69) is 37.3 Å². The van der Waals surface area contributed by atoms with Crippen molar-refractivity contribution in [2.45, 2.75) is 71.1 Å². The summed E-state index contributed by atoms with van der Waals surface area (Å²) in [4.78, 5) is 11.3. The molecule has 0 saturated heterocycles. The second kappa shape index (κ2) is 14.1. The highest BCUT2D eigenvalue weighted by Gasteiger charge is 2.02. The number of benzene rings is 1. The summed E-state index contributed by atoms with van der Waals surface area (Å²) in [6, 6.07) is 10.7. The number of carbonyl (C=O) groups is 1. The number of aryl methyl sites for hydroxylation is 1. The molecule has 23 heavy (non-hydrogen) atoms. The minimum atomic E-state index is -0.510. The van der Waals surface area contributed by atoms with E-state index in [-0.39, 0.29) is 0 Å². The maximum absolute atomic E-state index is 11.3. The van der Waals surface area contributed by atoms with Crippen LogP contribution >= 0.6 is 0 Å². The minimum absolute atomic E-state index is 0.480. The molecule has 0 aromatic heterocycles. The quantitative estimate of drug-likeness (QED) is 0.334. The molecule has 1 aromatic carbocycles. The molecule has 0 aliphatic heterocycles. The average molecular weight is 320 g/mol. The summed E-state index contributed by atoms with van der Waals surface area (Å²) in [5, 5.41) is 0. The van der Waals surface area contributed by atoms with E-state index >= 15 is 0 Å². The molecule has 0 heterocycles. The van der Waals surface area contributed by atoms with Crippen molar-refractivity contribution < 1.29 is 14.3 Å². The zero-order valence-electron chi connectivity index (χ0n) is 14.6. The molecule has 3 nitrogen and oxygen atoms in total. The van der Waals surface area contributed by atoms with Crippen LogP contribution in [0.15, 0.2) is 30.3 Å². The molecular formula is C20H32O3. The van der Waals surface area contributed by atoms with Crippen molar-refractivity contribution in [1.29, 1.82) is 0 Å². The predicted octanol–water partition coefficient (Wildman–Crippen LogP) is 5.91. The number of hydrogen-bond donors (Lipinski definition) is 0. The molecule has 1 aromatic rings. The molecule has 0 unspecified atom stereocenters. The number of carbonyl (C=O) groups excluding carboxylic acids is 1. The molecule has 0 amide bonds. The van der Waals surface area contributed by atoms with Crippen molar-refractivity contribution in [3.8, 4) is 0 Å². The standard InChI is InChI=1S/C20H32O3/c1-2-3-12-17-22-20(21)23-18-13-7-5-4-6-9-14-19-15-10-8-11-16-19/h8,10-11,15-16H,2-7,9,12-14,17-18H2,1H3. The second-order valence-corrected chi connectivity index (χ2v) is 6.01. The van der Waals surface area contributed by atoms with Gasteiger partial charge >= 0.3 is 6.16 Å². The number of rotatable bonds is 13. The Morgan fingerprint density at radius 3 is 2.00 bits per heavy atom. The second-order valence-electron chi connectivity index (χ2n) is 6.01. The van der Waals surface area contributed by atoms with Gasteiger partial charge in [0, 0.05) is 0 Å². The van der Waals surface area contributed by atoms with Crippen LogP contribution in [0, 0.1) is 0 Å². The van der Waals surface area contributed by atoms with E-state index in [9.17, 15) is 4.79 Å². The fraction of sp³-hybridized carbons (Fsp3) is 0.650. The largest absolute Gasteiger partial charge is 0.508 e. The summed E-state index contributed by atoms with van der Waals surface area (Å²) in [5.74, 6) is 0. The highest BCUT2D eigenvalue weighted by Crippen LogP contribution is 2.10. The Balaban J connectivity index is 1.81. The van der Waals surface area contributed by atoms with Gasteiger partial charge in [-0.25, -0.2) is 4.79 Å². The van der Waals surface area contributed by atoms with Crippen LogP contribution in [-0.2, 0) is 15.9 Å². The molecular weight excluding hydrogens is 288 g/mol.